The Bertz CT molecular complexity index is 922. The summed E-state index contributed by atoms with van der Waals surface area (Å²) in [6.07, 6.45) is 0.731. The SMILES string of the molecule is O=C(NCc1ccc2c(c1)OCO2)c1ccccc1Cc1ccccc1. The van der Waals surface area contributed by atoms with E-state index in [4.69, 9.17) is 9.47 Å². The van der Waals surface area contributed by atoms with Crippen molar-refractivity contribution < 1.29 is 14.3 Å². The van der Waals surface area contributed by atoms with Gasteiger partial charge in [0.1, 0.15) is 0 Å². The number of carbonyl (C=O) groups is 1. The second kappa shape index (κ2) is 7.31. The van der Waals surface area contributed by atoms with Gasteiger partial charge >= 0.3 is 0 Å². The maximum atomic E-state index is 12.7. The number of amides is 1. The van der Waals surface area contributed by atoms with E-state index in [9.17, 15) is 4.79 Å². The third-order valence-electron chi connectivity index (χ3n) is 4.39. The minimum absolute atomic E-state index is 0.0748. The van der Waals surface area contributed by atoms with Crippen LogP contribution < -0.4 is 14.8 Å². The molecule has 0 saturated carbocycles. The first-order chi connectivity index (χ1) is 12.8. The molecule has 4 nitrogen and oxygen atoms in total. The average Bonchev–Trinajstić information content (AvgIpc) is 3.15. The predicted octanol–water partition coefficient (Wildman–Crippen LogP) is 3.94. The van der Waals surface area contributed by atoms with Crippen LogP contribution in [0.2, 0.25) is 0 Å². The summed E-state index contributed by atoms with van der Waals surface area (Å²) in [7, 11) is 0. The number of rotatable bonds is 5. The van der Waals surface area contributed by atoms with Crippen molar-refractivity contribution in [3.05, 3.63) is 95.1 Å². The number of nitrogens with one attached hydrogen (secondary N) is 1. The van der Waals surface area contributed by atoms with Crippen molar-refractivity contribution in [2.45, 2.75) is 13.0 Å². The van der Waals surface area contributed by atoms with Crippen LogP contribution in [-0.4, -0.2) is 12.7 Å². The normalized spacial score (nSPS) is 12.0. The number of ether oxygens (including phenoxy) is 2. The van der Waals surface area contributed by atoms with Crippen molar-refractivity contribution in [3.63, 3.8) is 0 Å². The minimum Gasteiger partial charge on any atom is -0.454 e. The maximum Gasteiger partial charge on any atom is 0.251 e. The summed E-state index contributed by atoms with van der Waals surface area (Å²) in [5, 5.41) is 3.00. The Labute approximate surface area is 152 Å². The molecule has 4 rings (SSSR count). The molecular formula is C22H19NO3. The van der Waals surface area contributed by atoms with Gasteiger partial charge in [0.25, 0.3) is 5.91 Å². The zero-order chi connectivity index (χ0) is 17.8. The molecule has 1 N–H and O–H groups in total. The summed E-state index contributed by atoms with van der Waals surface area (Å²) in [6.45, 7) is 0.688. The Morgan fingerprint density at radius 2 is 1.62 bits per heavy atom. The molecule has 26 heavy (non-hydrogen) atoms. The monoisotopic (exact) mass is 345 g/mol. The van der Waals surface area contributed by atoms with E-state index in [1.807, 2.05) is 60.7 Å². The predicted molar refractivity (Wildman–Crippen MR) is 99.4 cm³/mol. The van der Waals surface area contributed by atoms with Crippen LogP contribution in [0, 0.1) is 0 Å². The second-order valence-corrected chi connectivity index (χ2v) is 6.19. The topological polar surface area (TPSA) is 47.6 Å². The molecule has 1 aliphatic heterocycles. The molecule has 1 heterocycles. The molecule has 3 aromatic carbocycles. The molecule has 3 aromatic rings. The van der Waals surface area contributed by atoms with Crippen molar-refractivity contribution in [1.82, 2.24) is 5.32 Å². The van der Waals surface area contributed by atoms with Crippen LogP contribution in [0.4, 0.5) is 0 Å². The van der Waals surface area contributed by atoms with Gasteiger partial charge in [-0.3, -0.25) is 4.79 Å². The second-order valence-electron chi connectivity index (χ2n) is 6.19. The highest BCUT2D eigenvalue weighted by Gasteiger charge is 2.14. The quantitative estimate of drug-likeness (QED) is 0.762. The van der Waals surface area contributed by atoms with Crippen molar-refractivity contribution >= 4 is 5.91 Å². The molecule has 0 spiro atoms. The van der Waals surface area contributed by atoms with Gasteiger partial charge in [-0.05, 0) is 41.3 Å². The molecule has 0 aromatic heterocycles. The van der Waals surface area contributed by atoms with Crippen LogP contribution in [0.5, 0.6) is 11.5 Å². The van der Waals surface area contributed by atoms with E-state index < -0.39 is 0 Å². The fourth-order valence-corrected chi connectivity index (χ4v) is 3.04. The third-order valence-corrected chi connectivity index (χ3v) is 4.39. The molecular weight excluding hydrogens is 326 g/mol. The smallest absolute Gasteiger partial charge is 0.251 e. The van der Waals surface area contributed by atoms with Crippen molar-refractivity contribution in [2.24, 2.45) is 0 Å². The van der Waals surface area contributed by atoms with Gasteiger partial charge in [-0.25, -0.2) is 0 Å². The van der Waals surface area contributed by atoms with Crippen molar-refractivity contribution in [2.75, 3.05) is 6.79 Å². The Morgan fingerprint density at radius 3 is 2.50 bits per heavy atom. The van der Waals surface area contributed by atoms with E-state index in [1.54, 1.807) is 0 Å². The zero-order valence-corrected chi connectivity index (χ0v) is 14.3. The fourth-order valence-electron chi connectivity index (χ4n) is 3.04. The highest BCUT2D eigenvalue weighted by atomic mass is 16.7. The van der Waals surface area contributed by atoms with Crippen LogP contribution in [0.3, 0.4) is 0 Å². The largest absolute Gasteiger partial charge is 0.454 e. The molecule has 0 atom stereocenters. The lowest BCUT2D eigenvalue weighted by molar-refractivity contribution is 0.0950. The lowest BCUT2D eigenvalue weighted by atomic mass is 9.99. The molecule has 0 aliphatic carbocycles. The summed E-state index contributed by atoms with van der Waals surface area (Å²) in [5.41, 5.74) is 3.88. The van der Waals surface area contributed by atoms with E-state index in [0.29, 0.717) is 12.1 Å². The van der Waals surface area contributed by atoms with Crippen LogP contribution in [0.25, 0.3) is 0 Å². The van der Waals surface area contributed by atoms with Crippen LogP contribution >= 0.6 is 0 Å². The van der Waals surface area contributed by atoms with Gasteiger partial charge in [0.2, 0.25) is 6.79 Å². The summed E-state index contributed by atoms with van der Waals surface area (Å²) in [5.74, 6) is 1.39. The van der Waals surface area contributed by atoms with E-state index >= 15 is 0 Å². The number of hydrogen-bond acceptors (Lipinski definition) is 3. The highest BCUT2D eigenvalue weighted by Crippen LogP contribution is 2.32. The Hall–Kier alpha value is -3.27. The van der Waals surface area contributed by atoms with E-state index in [1.165, 1.54) is 5.56 Å². The molecule has 1 aliphatic rings. The molecule has 0 fully saturated rings. The van der Waals surface area contributed by atoms with Crippen LogP contribution in [-0.2, 0) is 13.0 Å². The lowest BCUT2D eigenvalue weighted by Crippen LogP contribution is -2.24. The minimum atomic E-state index is -0.0748. The molecule has 0 unspecified atom stereocenters. The highest BCUT2D eigenvalue weighted by molar-refractivity contribution is 5.95. The number of benzene rings is 3. The Kier molecular flexibility index (Phi) is 4.56. The van der Waals surface area contributed by atoms with Crippen molar-refractivity contribution in [1.29, 1.82) is 0 Å². The molecule has 0 saturated heterocycles. The first-order valence-corrected chi connectivity index (χ1v) is 8.58. The molecule has 0 bridgehead atoms. The van der Waals surface area contributed by atoms with Crippen LogP contribution in [0.1, 0.15) is 27.0 Å². The Morgan fingerprint density at radius 1 is 0.846 bits per heavy atom. The fraction of sp³-hybridized carbons (Fsp3) is 0.136. The number of fused-ring (bicyclic) bond motifs is 1. The Balaban J connectivity index is 1.46. The van der Waals surface area contributed by atoms with Gasteiger partial charge in [-0.1, -0.05) is 54.6 Å². The van der Waals surface area contributed by atoms with Gasteiger partial charge in [0, 0.05) is 12.1 Å². The number of hydrogen-bond donors (Lipinski definition) is 1. The summed E-state index contributed by atoms with van der Waals surface area (Å²) >= 11 is 0. The summed E-state index contributed by atoms with van der Waals surface area (Å²) in [4.78, 5) is 12.7. The van der Waals surface area contributed by atoms with E-state index in [0.717, 1.165) is 29.0 Å². The van der Waals surface area contributed by atoms with Crippen molar-refractivity contribution in [3.8, 4) is 11.5 Å². The van der Waals surface area contributed by atoms with Gasteiger partial charge in [0.15, 0.2) is 11.5 Å². The summed E-state index contributed by atoms with van der Waals surface area (Å²) in [6, 6.07) is 23.6. The first-order valence-electron chi connectivity index (χ1n) is 8.58. The molecule has 4 heteroatoms. The van der Waals surface area contributed by atoms with Gasteiger partial charge < -0.3 is 14.8 Å². The first kappa shape index (κ1) is 16.2. The van der Waals surface area contributed by atoms with Gasteiger partial charge in [0.05, 0.1) is 0 Å². The van der Waals surface area contributed by atoms with Gasteiger partial charge in [-0.2, -0.15) is 0 Å². The molecule has 1 amide bonds. The van der Waals surface area contributed by atoms with Gasteiger partial charge in [-0.15, -0.1) is 0 Å². The van der Waals surface area contributed by atoms with Crippen LogP contribution in [0.15, 0.2) is 72.8 Å². The average molecular weight is 345 g/mol. The number of carbonyl (C=O) groups excluding carboxylic acids is 1. The summed E-state index contributed by atoms with van der Waals surface area (Å²) < 4.78 is 10.7. The molecule has 0 radical (unpaired) electrons. The molecule has 130 valence electrons. The standard InChI is InChI=1S/C22H19NO3/c24-22(23-14-17-10-11-20-21(13-17)26-15-25-20)19-9-5-4-8-18(19)12-16-6-2-1-3-7-16/h1-11,13H,12,14-15H2,(H,23,24). The van der Waals surface area contributed by atoms with E-state index in [2.05, 4.69) is 17.4 Å². The van der Waals surface area contributed by atoms with E-state index in [-0.39, 0.29) is 12.7 Å². The lowest BCUT2D eigenvalue weighted by Gasteiger charge is -2.11. The third kappa shape index (κ3) is 3.54. The maximum absolute atomic E-state index is 12.7. The zero-order valence-electron chi connectivity index (χ0n) is 14.3.